The Morgan fingerprint density at radius 3 is 1.28 bits per heavy atom. The molecule has 3 fully saturated rings. The van der Waals surface area contributed by atoms with Crippen LogP contribution in [-0.2, 0) is 0 Å². The minimum atomic E-state index is 0.707. The molecule has 242 valence electrons. The van der Waals surface area contributed by atoms with Gasteiger partial charge in [-0.15, -0.1) is 0 Å². The van der Waals surface area contributed by atoms with Crippen LogP contribution >= 0.6 is 0 Å². The van der Waals surface area contributed by atoms with Crippen molar-refractivity contribution in [2.75, 3.05) is 0 Å². The van der Waals surface area contributed by atoms with E-state index in [1.54, 1.807) is 5.56 Å². The van der Waals surface area contributed by atoms with Gasteiger partial charge in [0.2, 0.25) is 0 Å². The highest BCUT2D eigenvalue weighted by Crippen LogP contribution is 2.42. The van der Waals surface area contributed by atoms with Crippen LogP contribution in [-0.4, -0.2) is 0 Å². The first-order chi connectivity index (χ1) is 21.3. The Kier molecular flexibility index (Phi) is 17.2. The van der Waals surface area contributed by atoms with Gasteiger partial charge in [0.15, 0.2) is 0 Å². The molecule has 4 rings (SSSR count). The van der Waals surface area contributed by atoms with Crippen molar-refractivity contribution in [3.05, 3.63) is 60.2 Å². The molecule has 0 saturated heterocycles. The zero-order chi connectivity index (χ0) is 29.8. The topological polar surface area (TPSA) is 0 Å². The molecule has 3 aliphatic rings. The minimum absolute atomic E-state index is 0.707. The van der Waals surface area contributed by atoms with Gasteiger partial charge in [-0.25, -0.2) is 0 Å². The van der Waals surface area contributed by atoms with Crippen molar-refractivity contribution in [1.29, 1.82) is 0 Å². The summed E-state index contributed by atoms with van der Waals surface area (Å²) in [5.41, 5.74) is 1.59. The number of hydrogen-bond donors (Lipinski definition) is 0. The van der Waals surface area contributed by atoms with E-state index in [2.05, 4.69) is 61.5 Å². The smallest absolute Gasteiger partial charge is 0.0162 e. The molecule has 3 aliphatic carbocycles. The van der Waals surface area contributed by atoms with Gasteiger partial charge >= 0.3 is 0 Å². The van der Waals surface area contributed by atoms with Gasteiger partial charge in [0, 0.05) is 0 Å². The summed E-state index contributed by atoms with van der Waals surface area (Å²) in [5.74, 6) is 5.45. The molecule has 3 saturated carbocycles. The third-order valence-corrected chi connectivity index (χ3v) is 12.2. The van der Waals surface area contributed by atoms with Gasteiger partial charge in [-0.05, 0) is 73.2 Å². The minimum Gasteiger partial charge on any atom is -0.0623 e. The van der Waals surface area contributed by atoms with Gasteiger partial charge in [-0.2, -0.15) is 0 Å². The third-order valence-electron chi connectivity index (χ3n) is 12.2. The quantitative estimate of drug-likeness (QED) is 0.330. The first-order valence-electron chi connectivity index (χ1n) is 19.7. The largest absolute Gasteiger partial charge is 0.0623 e. The Bertz CT molecular complexity index is 848. The molecule has 0 bridgehead atoms. The summed E-state index contributed by atoms with van der Waals surface area (Å²) in [6.45, 7) is 2.64. The van der Waals surface area contributed by atoms with Crippen LogP contribution in [0.3, 0.4) is 0 Å². The molecule has 1 aromatic rings. The van der Waals surface area contributed by atoms with Crippen LogP contribution in [0.1, 0.15) is 185 Å². The predicted molar refractivity (Wildman–Crippen MR) is 190 cm³/mol. The first-order valence-corrected chi connectivity index (χ1v) is 19.7. The number of hydrogen-bond acceptors (Lipinski definition) is 0. The van der Waals surface area contributed by atoms with Gasteiger partial charge in [0.05, 0.1) is 0 Å². The molecule has 0 amide bonds. The molecule has 0 nitrogen and oxygen atoms in total. The lowest BCUT2D eigenvalue weighted by Gasteiger charge is -2.34. The summed E-state index contributed by atoms with van der Waals surface area (Å²) < 4.78 is 0. The summed E-state index contributed by atoms with van der Waals surface area (Å²) in [5, 5.41) is 0. The van der Waals surface area contributed by atoms with Crippen LogP contribution in [0.25, 0.3) is 0 Å². The second-order valence-electron chi connectivity index (χ2n) is 15.3. The maximum absolute atomic E-state index is 2.64. The van der Waals surface area contributed by atoms with E-state index in [1.807, 2.05) is 0 Å². The Morgan fingerprint density at radius 1 is 0.349 bits per heavy atom. The molecular formula is C43H70. The Labute approximate surface area is 268 Å². The summed E-state index contributed by atoms with van der Waals surface area (Å²) >= 11 is 0. The second-order valence-corrected chi connectivity index (χ2v) is 15.3. The van der Waals surface area contributed by atoms with E-state index in [4.69, 9.17) is 0 Å². The van der Waals surface area contributed by atoms with Crippen molar-refractivity contribution in [3.8, 4) is 0 Å². The van der Waals surface area contributed by atoms with Crippen LogP contribution in [0.4, 0.5) is 0 Å². The summed E-state index contributed by atoms with van der Waals surface area (Å²) in [4.78, 5) is 0. The Hall–Kier alpha value is -1.30. The molecule has 0 N–H and O–H groups in total. The van der Waals surface area contributed by atoms with Crippen molar-refractivity contribution < 1.29 is 0 Å². The lowest BCUT2D eigenvalue weighted by Crippen LogP contribution is -2.23. The van der Waals surface area contributed by atoms with Gasteiger partial charge in [0.1, 0.15) is 0 Å². The maximum atomic E-state index is 2.64. The average molecular weight is 587 g/mol. The zero-order valence-electron chi connectivity index (χ0n) is 28.5. The molecule has 5 atom stereocenters. The molecule has 0 aliphatic heterocycles. The normalized spacial score (nSPS) is 30.5. The van der Waals surface area contributed by atoms with E-state index < -0.39 is 0 Å². The standard InChI is InChI=1S/C43H70/c1-37-25-17-11-9-10-16-22-32-43(37)42-31-24-23-30-40(38-26-18-12-5-2-3-6-13-19-27-38)33-34-41(35-36-42)39-28-20-14-7-4-8-15-21-29-39/h4,7-8,14-15,20-21,28-29,37-38,40-43H,2-3,5-6,9-13,16-19,22-27,30-36H2,1H3. The molecular weight excluding hydrogens is 516 g/mol. The Balaban J connectivity index is 1.55. The van der Waals surface area contributed by atoms with Crippen molar-refractivity contribution in [2.45, 2.75) is 180 Å². The highest BCUT2D eigenvalue weighted by atomic mass is 14.3. The molecule has 0 radical (unpaired) electrons. The van der Waals surface area contributed by atoms with Gasteiger partial charge < -0.3 is 0 Å². The highest BCUT2D eigenvalue weighted by Gasteiger charge is 2.29. The van der Waals surface area contributed by atoms with E-state index >= 15 is 0 Å². The van der Waals surface area contributed by atoms with Crippen LogP contribution in [0.5, 0.6) is 0 Å². The fourth-order valence-electron chi connectivity index (χ4n) is 9.53. The molecule has 0 heterocycles. The van der Waals surface area contributed by atoms with Crippen molar-refractivity contribution in [2.24, 2.45) is 29.6 Å². The summed E-state index contributed by atoms with van der Waals surface area (Å²) in [7, 11) is 0. The predicted octanol–water partition coefficient (Wildman–Crippen LogP) is 14.2. The van der Waals surface area contributed by atoms with Crippen LogP contribution < -0.4 is 0 Å². The van der Waals surface area contributed by atoms with Crippen LogP contribution in [0.2, 0.25) is 0 Å². The van der Waals surface area contributed by atoms with E-state index in [-0.39, 0.29) is 0 Å². The van der Waals surface area contributed by atoms with Gasteiger partial charge in [-0.1, -0.05) is 196 Å². The molecule has 0 aromatic heterocycles. The first kappa shape index (κ1) is 34.6. The van der Waals surface area contributed by atoms with E-state index in [9.17, 15) is 0 Å². The van der Waals surface area contributed by atoms with Crippen molar-refractivity contribution in [1.82, 2.24) is 0 Å². The van der Waals surface area contributed by atoms with Gasteiger partial charge in [0.25, 0.3) is 0 Å². The SMILES string of the molecule is CC1CCCCCCCCC1C1CCCCC(C2CCCCCCCCCC2)CCC(c2ccccccccc2)CC1. The second kappa shape index (κ2) is 21.4. The molecule has 5 unspecified atom stereocenters. The molecule has 0 spiro atoms. The van der Waals surface area contributed by atoms with Gasteiger partial charge in [-0.3, -0.25) is 0 Å². The summed E-state index contributed by atoms with van der Waals surface area (Å²) in [6, 6.07) is 20.5. The van der Waals surface area contributed by atoms with Crippen LogP contribution in [0.15, 0.2) is 54.6 Å². The van der Waals surface area contributed by atoms with E-state index in [0.717, 1.165) is 29.6 Å². The maximum Gasteiger partial charge on any atom is -0.0162 e. The van der Waals surface area contributed by atoms with E-state index in [1.165, 1.54) is 167 Å². The van der Waals surface area contributed by atoms with E-state index in [0.29, 0.717) is 5.92 Å². The lowest BCUT2D eigenvalue weighted by molar-refractivity contribution is 0.173. The third kappa shape index (κ3) is 13.3. The average Bonchev–Trinajstić information content (AvgIpc) is 3.12. The van der Waals surface area contributed by atoms with Crippen LogP contribution in [0, 0.1) is 29.6 Å². The fraction of sp³-hybridized carbons (Fsp3) is 0.767. The highest BCUT2D eigenvalue weighted by molar-refractivity contribution is 5.17. The van der Waals surface area contributed by atoms with Crippen molar-refractivity contribution >= 4 is 0 Å². The molecule has 43 heavy (non-hydrogen) atoms. The fourth-order valence-corrected chi connectivity index (χ4v) is 9.53. The monoisotopic (exact) mass is 587 g/mol. The summed E-state index contributed by atoms with van der Waals surface area (Å²) in [6.07, 6.45) is 38.5. The van der Waals surface area contributed by atoms with Crippen molar-refractivity contribution in [3.63, 3.8) is 0 Å². The Morgan fingerprint density at radius 2 is 0.721 bits per heavy atom. The number of rotatable bonds is 3. The lowest BCUT2D eigenvalue weighted by atomic mass is 9.72. The zero-order valence-corrected chi connectivity index (χ0v) is 28.5. The molecule has 0 heteroatoms. The molecule has 1 aromatic carbocycles.